The standard InChI is InChI=1S/C17H18O7S/c1-17(2)23-13-12(21-14(18)9-6-4-3-5-7-9)11(22-15(13)24-17)10-8-25-16(19)20-10/h3-7,10-13,15H,8H2,1-2H3/t10-,11-,12+,13-,15-/m1/s1. The monoisotopic (exact) mass is 366 g/mol. The number of carbonyl (C=O) groups is 2. The van der Waals surface area contributed by atoms with E-state index in [9.17, 15) is 9.59 Å². The van der Waals surface area contributed by atoms with Gasteiger partial charge in [0.25, 0.3) is 0 Å². The molecule has 5 atom stereocenters. The summed E-state index contributed by atoms with van der Waals surface area (Å²) in [5, 5.41) is -0.360. The average molecular weight is 366 g/mol. The smallest absolute Gasteiger partial charge is 0.367 e. The van der Waals surface area contributed by atoms with Crippen molar-refractivity contribution < 1.29 is 33.3 Å². The summed E-state index contributed by atoms with van der Waals surface area (Å²) in [4.78, 5) is 23.9. The Morgan fingerprint density at radius 2 is 1.96 bits per heavy atom. The molecule has 0 aliphatic carbocycles. The molecule has 3 heterocycles. The van der Waals surface area contributed by atoms with Gasteiger partial charge in [-0.15, -0.1) is 0 Å². The Kier molecular flexibility index (Phi) is 4.23. The highest BCUT2D eigenvalue weighted by molar-refractivity contribution is 8.13. The molecule has 1 aromatic carbocycles. The van der Waals surface area contributed by atoms with Crippen molar-refractivity contribution in [3.63, 3.8) is 0 Å². The van der Waals surface area contributed by atoms with Gasteiger partial charge in [-0.05, 0) is 37.7 Å². The molecule has 0 saturated carbocycles. The number of ether oxygens (including phenoxy) is 5. The first-order valence-corrected chi connectivity index (χ1v) is 9.02. The van der Waals surface area contributed by atoms with Gasteiger partial charge in [0.1, 0.15) is 12.2 Å². The van der Waals surface area contributed by atoms with E-state index < -0.39 is 42.5 Å². The summed E-state index contributed by atoms with van der Waals surface area (Å²) in [7, 11) is 0. The fourth-order valence-electron chi connectivity index (χ4n) is 3.21. The number of fused-ring (bicyclic) bond motifs is 1. The fraction of sp³-hybridized carbons (Fsp3) is 0.529. The van der Waals surface area contributed by atoms with E-state index in [0.717, 1.165) is 11.8 Å². The number of hydrogen-bond donors (Lipinski definition) is 0. The molecule has 3 fully saturated rings. The molecule has 1 aromatic rings. The molecule has 3 aliphatic rings. The number of carbonyl (C=O) groups excluding carboxylic acids is 2. The summed E-state index contributed by atoms with van der Waals surface area (Å²) in [5.41, 5.74) is 0.431. The van der Waals surface area contributed by atoms with Crippen molar-refractivity contribution in [1.29, 1.82) is 0 Å². The van der Waals surface area contributed by atoms with Gasteiger partial charge in [-0.3, -0.25) is 0 Å². The van der Waals surface area contributed by atoms with Crippen molar-refractivity contribution in [3.8, 4) is 0 Å². The zero-order chi connectivity index (χ0) is 17.6. The van der Waals surface area contributed by atoms with Crippen molar-refractivity contribution >= 4 is 23.0 Å². The predicted molar refractivity (Wildman–Crippen MR) is 87.1 cm³/mol. The van der Waals surface area contributed by atoms with E-state index >= 15 is 0 Å². The van der Waals surface area contributed by atoms with E-state index in [4.69, 9.17) is 23.7 Å². The van der Waals surface area contributed by atoms with Crippen LogP contribution in [0.5, 0.6) is 0 Å². The largest absolute Gasteiger partial charge is 0.453 e. The van der Waals surface area contributed by atoms with Gasteiger partial charge in [0.05, 0.1) is 5.56 Å². The van der Waals surface area contributed by atoms with Crippen LogP contribution >= 0.6 is 11.8 Å². The third-order valence-corrected chi connectivity index (χ3v) is 5.09. The topological polar surface area (TPSA) is 80.3 Å². The lowest BCUT2D eigenvalue weighted by Gasteiger charge is -2.27. The minimum absolute atomic E-state index is 0.360. The van der Waals surface area contributed by atoms with Crippen LogP contribution in [-0.4, -0.2) is 53.5 Å². The molecular formula is C17H18O7S. The van der Waals surface area contributed by atoms with E-state index in [-0.39, 0.29) is 5.30 Å². The second-order valence-corrected chi connectivity index (χ2v) is 7.48. The van der Waals surface area contributed by atoms with Crippen LogP contribution < -0.4 is 0 Å². The molecule has 134 valence electrons. The molecule has 0 aromatic heterocycles. The number of rotatable bonds is 3. The van der Waals surface area contributed by atoms with Crippen LogP contribution in [-0.2, 0) is 23.7 Å². The van der Waals surface area contributed by atoms with Crippen molar-refractivity contribution in [1.82, 2.24) is 0 Å². The second kappa shape index (κ2) is 6.28. The summed E-state index contributed by atoms with van der Waals surface area (Å²) in [6.07, 6.45) is -3.10. The Labute approximate surface area is 148 Å². The van der Waals surface area contributed by atoms with E-state index in [1.807, 2.05) is 6.07 Å². The summed E-state index contributed by atoms with van der Waals surface area (Å²) >= 11 is 1.07. The highest BCUT2D eigenvalue weighted by Gasteiger charge is 2.59. The van der Waals surface area contributed by atoms with Crippen LogP contribution in [0.1, 0.15) is 24.2 Å². The lowest BCUT2D eigenvalue weighted by Crippen LogP contribution is -2.44. The summed E-state index contributed by atoms with van der Waals surface area (Å²) in [5.74, 6) is -0.880. The molecule has 3 saturated heterocycles. The molecule has 0 bridgehead atoms. The fourth-order valence-corrected chi connectivity index (χ4v) is 3.96. The average Bonchev–Trinajstić information content (AvgIpc) is 3.21. The lowest BCUT2D eigenvalue weighted by atomic mass is 10.1. The quantitative estimate of drug-likeness (QED) is 0.754. The minimum atomic E-state index is -0.835. The molecule has 7 nitrogen and oxygen atoms in total. The Balaban J connectivity index is 1.55. The van der Waals surface area contributed by atoms with Crippen molar-refractivity contribution in [3.05, 3.63) is 35.9 Å². The number of benzene rings is 1. The van der Waals surface area contributed by atoms with Gasteiger partial charge in [-0.25, -0.2) is 9.59 Å². The summed E-state index contributed by atoms with van der Waals surface area (Å²) in [6, 6.07) is 8.68. The Morgan fingerprint density at radius 3 is 2.64 bits per heavy atom. The lowest BCUT2D eigenvalue weighted by molar-refractivity contribution is -0.223. The Bertz CT molecular complexity index is 677. The molecule has 0 radical (unpaired) electrons. The first kappa shape index (κ1) is 16.8. The molecule has 0 spiro atoms. The van der Waals surface area contributed by atoms with Gasteiger partial charge in [0.15, 0.2) is 24.3 Å². The van der Waals surface area contributed by atoms with Crippen molar-refractivity contribution in [2.75, 3.05) is 5.75 Å². The molecule has 0 unspecified atom stereocenters. The van der Waals surface area contributed by atoms with Crippen LogP contribution in [0.3, 0.4) is 0 Å². The Morgan fingerprint density at radius 1 is 1.20 bits per heavy atom. The highest BCUT2D eigenvalue weighted by atomic mass is 32.2. The van der Waals surface area contributed by atoms with Gasteiger partial charge in [0, 0.05) is 5.75 Å². The first-order chi connectivity index (χ1) is 11.9. The zero-order valence-electron chi connectivity index (χ0n) is 13.7. The molecule has 4 rings (SSSR count). The molecule has 25 heavy (non-hydrogen) atoms. The predicted octanol–water partition coefficient (Wildman–Crippen LogP) is 2.34. The molecule has 0 amide bonds. The maximum atomic E-state index is 12.5. The summed E-state index contributed by atoms with van der Waals surface area (Å²) < 4.78 is 28.5. The maximum Gasteiger partial charge on any atom is 0.367 e. The second-order valence-electron chi connectivity index (χ2n) is 6.52. The Hall–Kier alpha value is -1.61. The maximum absolute atomic E-state index is 12.5. The number of thioether (sulfide) groups is 1. The van der Waals surface area contributed by atoms with Crippen molar-refractivity contribution in [2.45, 2.75) is 50.3 Å². The van der Waals surface area contributed by atoms with Gasteiger partial charge < -0.3 is 23.7 Å². The third kappa shape index (κ3) is 3.27. The highest BCUT2D eigenvalue weighted by Crippen LogP contribution is 2.42. The SMILES string of the molecule is CC1(C)O[C@H]2O[C@H]([C@H]3CSC(=O)O3)[C@H](OC(=O)c3ccccc3)[C@H]2O1. The van der Waals surface area contributed by atoms with Crippen LogP contribution in [0.4, 0.5) is 4.79 Å². The number of esters is 1. The van der Waals surface area contributed by atoms with Gasteiger partial charge in [-0.2, -0.15) is 0 Å². The first-order valence-electron chi connectivity index (χ1n) is 8.03. The third-order valence-electron chi connectivity index (χ3n) is 4.26. The molecule has 3 aliphatic heterocycles. The van der Waals surface area contributed by atoms with E-state index in [1.54, 1.807) is 38.1 Å². The van der Waals surface area contributed by atoms with Gasteiger partial charge >= 0.3 is 11.3 Å². The summed E-state index contributed by atoms with van der Waals surface area (Å²) in [6.45, 7) is 3.54. The van der Waals surface area contributed by atoms with E-state index in [0.29, 0.717) is 11.3 Å². The number of cyclic esters (lactones) is 1. The normalized spacial score (nSPS) is 36.1. The minimum Gasteiger partial charge on any atom is -0.453 e. The van der Waals surface area contributed by atoms with Crippen LogP contribution in [0.25, 0.3) is 0 Å². The van der Waals surface area contributed by atoms with Crippen LogP contribution in [0.2, 0.25) is 0 Å². The van der Waals surface area contributed by atoms with Crippen LogP contribution in [0.15, 0.2) is 30.3 Å². The van der Waals surface area contributed by atoms with Crippen molar-refractivity contribution in [2.24, 2.45) is 0 Å². The number of hydrogen-bond acceptors (Lipinski definition) is 8. The van der Waals surface area contributed by atoms with Gasteiger partial charge in [0.2, 0.25) is 0 Å². The van der Waals surface area contributed by atoms with Gasteiger partial charge in [-0.1, -0.05) is 18.2 Å². The molecular weight excluding hydrogens is 348 g/mol. The van der Waals surface area contributed by atoms with E-state index in [2.05, 4.69) is 0 Å². The molecule has 0 N–H and O–H groups in total. The van der Waals surface area contributed by atoms with E-state index in [1.165, 1.54) is 0 Å². The zero-order valence-corrected chi connectivity index (χ0v) is 14.6. The van der Waals surface area contributed by atoms with Crippen LogP contribution in [0, 0.1) is 0 Å². The molecule has 8 heteroatoms.